The Kier molecular flexibility index (Phi) is 6.52. The van der Waals surface area contributed by atoms with Gasteiger partial charge in [0.2, 0.25) is 0 Å². The lowest BCUT2D eigenvalue weighted by atomic mass is 9.85. The molecule has 1 aliphatic heterocycles. The molecule has 2 aliphatic rings. The first kappa shape index (κ1) is 19.9. The molecule has 1 saturated heterocycles. The lowest BCUT2D eigenvalue weighted by molar-refractivity contribution is 0.0292. The Balaban J connectivity index is 2.10. The van der Waals surface area contributed by atoms with Crippen molar-refractivity contribution in [1.82, 2.24) is 5.32 Å². The van der Waals surface area contributed by atoms with Gasteiger partial charge < -0.3 is 21.2 Å². The highest BCUT2D eigenvalue weighted by Crippen LogP contribution is 2.36. The number of ether oxygens (including phenoxy) is 1. The van der Waals surface area contributed by atoms with Gasteiger partial charge in [-0.15, -0.1) is 12.6 Å². The van der Waals surface area contributed by atoms with Crippen LogP contribution >= 0.6 is 12.6 Å². The van der Waals surface area contributed by atoms with Crippen LogP contribution in [0.25, 0.3) is 11.1 Å². The first-order valence-corrected chi connectivity index (χ1v) is 9.66. The van der Waals surface area contributed by atoms with Crippen LogP contribution in [0.5, 0.6) is 0 Å². The second-order valence-electron chi connectivity index (χ2n) is 6.93. The smallest absolute Gasteiger partial charge is 0.142 e. The fraction of sp³-hybridized carbons (Fsp3) is 0.381. The largest absolute Gasteiger partial charge is 0.400 e. The maximum Gasteiger partial charge on any atom is 0.142 e. The summed E-state index contributed by atoms with van der Waals surface area (Å²) in [5, 5.41) is 11.3. The van der Waals surface area contributed by atoms with E-state index in [1.807, 2.05) is 19.1 Å². The van der Waals surface area contributed by atoms with Crippen LogP contribution in [0.1, 0.15) is 36.5 Å². The van der Waals surface area contributed by atoms with Crippen molar-refractivity contribution in [3.8, 4) is 0 Å². The average Bonchev–Trinajstić information content (AvgIpc) is 2.66. The Bertz CT molecular complexity index is 819. The molecular weight excluding hydrogens is 361 g/mol. The quantitative estimate of drug-likeness (QED) is 0.458. The van der Waals surface area contributed by atoms with Crippen LogP contribution in [0.3, 0.4) is 0 Å². The Hall–Kier alpha value is -1.89. The minimum atomic E-state index is -0.365. The SMILES string of the molecule is C/C(S)=C(/C=N)c1c(CC2CNCCO2)cccc1C1=CC(F)=C(N)CC1. The molecule has 6 heteroatoms. The fourth-order valence-electron chi connectivity index (χ4n) is 3.63. The summed E-state index contributed by atoms with van der Waals surface area (Å²) in [6, 6.07) is 6.03. The number of rotatable bonds is 5. The number of benzene rings is 1. The van der Waals surface area contributed by atoms with E-state index < -0.39 is 0 Å². The number of nitrogens with two attached hydrogens (primary N) is 1. The third kappa shape index (κ3) is 4.51. The highest BCUT2D eigenvalue weighted by atomic mass is 32.1. The molecule has 4 nitrogen and oxygen atoms in total. The fourth-order valence-corrected chi connectivity index (χ4v) is 3.80. The Labute approximate surface area is 165 Å². The molecule has 0 aromatic heterocycles. The van der Waals surface area contributed by atoms with Gasteiger partial charge in [-0.05, 0) is 53.0 Å². The number of allylic oxidation sites excluding steroid dienone is 6. The van der Waals surface area contributed by atoms with Crippen molar-refractivity contribution in [1.29, 1.82) is 5.41 Å². The van der Waals surface area contributed by atoms with Crippen molar-refractivity contribution < 1.29 is 9.13 Å². The lowest BCUT2D eigenvalue weighted by Crippen LogP contribution is -2.39. The zero-order valence-corrected chi connectivity index (χ0v) is 16.4. The molecule has 1 unspecified atom stereocenters. The summed E-state index contributed by atoms with van der Waals surface area (Å²) in [4.78, 5) is 0.758. The summed E-state index contributed by atoms with van der Waals surface area (Å²) in [5.74, 6) is -0.365. The molecule has 1 heterocycles. The highest BCUT2D eigenvalue weighted by Gasteiger charge is 2.22. The molecular formula is C21H26FN3OS. The van der Waals surface area contributed by atoms with E-state index in [0.29, 0.717) is 25.1 Å². The molecule has 1 aromatic carbocycles. The van der Waals surface area contributed by atoms with Crippen molar-refractivity contribution >= 4 is 30.0 Å². The van der Waals surface area contributed by atoms with Crippen molar-refractivity contribution in [2.75, 3.05) is 19.7 Å². The maximum atomic E-state index is 14.1. The summed E-state index contributed by atoms with van der Waals surface area (Å²) in [7, 11) is 0. The van der Waals surface area contributed by atoms with Gasteiger partial charge in [-0.3, -0.25) is 0 Å². The summed E-state index contributed by atoms with van der Waals surface area (Å²) in [6.45, 7) is 4.23. The predicted molar refractivity (Wildman–Crippen MR) is 113 cm³/mol. The van der Waals surface area contributed by atoms with E-state index in [2.05, 4.69) is 24.0 Å². The molecule has 0 amide bonds. The van der Waals surface area contributed by atoms with E-state index in [9.17, 15) is 4.39 Å². The average molecular weight is 388 g/mol. The van der Waals surface area contributed by atoms with E-state index in [-0.39, 0.29) is 11.9 Å². The molecule has 1 aromatic rings. The molecule has 144 valence electrons. The number of halogens is 1. The van der Waals surface area contributed by atoms with Gasteiger partial charge in [-0.1, -0.05) is 18.2 Å². The minimum absolute atomic E-state index is 0.0765. The number of nitrogens with one attached hydrogen (secondary N) is 2. The topological polar surface area (TPSA) is 71.1 Å². The van der Waals surface area contributed by atoms with Gasteiger partial charge in [0.05, 0.1) is 12.7 Å². The van der Waals surface area contributed by atoms with Crippen LogP contribution in [-0.2, 0) is 11.2 Å². The summed E-state index contributed by atoms with van der Waals surface area (Å²) >= 11 is 4.50. The first-order chi connectivity index (χ1) is 13.0. The van der Waals surface area contributed by atoms with Crippen molar-refractivity contribution in [2.45, 2.75) is 32.3 Å². The van der Waals surface area contributed by atoms with Crippen LogP contribution in [0.2, 0.25) is 0 Å². The maximum absolute atomic E-state index is 14.1. The molecule has 0 spiro atoms. The number of morpholine rings is 1. The van der Waals surface area contributed by atoms with Gasteiger partial charge in [0.25, 0.3) is 0 Å². The van der Waals surface area contributed by atoms with Gasteiger partial charge >= 0.3 is 0 Å². The number of thiol groups is 1. The van der Waals surface area contributed by atoms with Crippen LogP contribution in [-0.4, -0.2) is 32.0 Å². The van der Waals surface area contributed by atoms with Crippen LogP contribution in [0.4, 0.5) is 4.39 Å². The second-order valence-corrected chi connectivity index (χ2v) is 7.60. The Morgan fingerprint density at radius 1 is 1.44 bits per heavy atom. The Morgan fingerprint density at radius 2 is 2.26 bits per heavy atom. The van der Waals surface area contributed by atoms with Gasteiger partial charge in [0, 0.05) is 37.0 Å². The number of hydrogen-bond acceptors (Lipinski definition) is 5. The zero-order valence-electron chi connectivity index (χ0n) is 15.5. The first-order valence-electron chi connectivity index (χ1n) is 9.21. The lowest BCUT2D eigenvalue weighted by Gasteiger charge is -2.26. The summed E-state index contributed by atoms with van der Waals surface area (Å²) in [6.07, 6.45) is 4.83. The monoisotopic (exact) mass is 387 g/mol. The third-order valence-corrected chi connectivity index (χ3v) is 5.26. The van der Waals surface area contributed by atoms with Crippen molar-refractivity contribution in [2.24, 2.45) is 5.73 Å². The zero-order chi connectivity index (χ0) is 19.4. The molecule has 27 heavy (non-hydrogen) atoms. The molecule has 3 rings (SSSR count). The van der Waals surface area contributed by atoms with Gasteiger partial charge in [-0.25, -0.2) is 4.39 Å². The molecule has 0 radical (unpaired) electrons. The molecule has 4 N–H and O–H groups in total. The van der Waals surface area contributed by atoms with Gasteiger partial charge in [0.1, 0.15) is 5.83 Å². The van der Waals surface area contributed by atoms with E-state index in [0.717, 1.165) is 52.3 Å². The Morgan fingerprint density at radius 3 is 2.89 bits per heavy atom. The van der Waals surface area contributed by atoms with Crippen molar-refractivity contribution in [3.63, 3.8) is 0 Å². The second kappa shape index (κ2) is 8.87. The number of hydrogen-bond donors (Lipinski definition) is 4. The minimum Gasteiger partial charge on any atom is -0.400 e. The van der Waals surface area contributed by atoms with Gasteiger partial charge in [0.15, 0.2) is 0 Å². The normalized spacial score (nSPS) is 21.6. The standard InChI is InChI=1S/C21H26FN3OS/c1-13(27)18(11-23)21-15(9-16-12-25-7-8-26-16)3-2-4-17(21)14-5-6-20(24)19(22)10-14/h2-4,10-11,16,23,25,27H,5-9,12,24H2,1H3/b18-13+,23-11?. The summed E-state index contributed by atoms with van der Waals surface area (Å²) < 4.78 is 20.0. The van der Waals surface area contributed by atoms with E-state index in [1.54, 1.807) is 0 Å². The highest BCUT2D eigenvalue weighted by molar-refractivity contribution is 7.84. The van der Waals surface area contributed by atoms with Crippen LogP contribution < -0.4 is 11.1 Å². The van der Waals surface area contributed by atoms with Gasteiger partial charge in [-0.2, -0.15) is 0 Å². The molecule has 1 aliphatic carbocycles. The van der Waals surface area contributed by atoms with Crippen molar-refractivity contribution in [3.05, 3.63) is 57.4 Å². The van der Waals surface area contributed by atoms with E-state index in [4.69, 9.17) is 15.9 Å². The molecule has 0 bridgehead atoms. The van der Waals surface area contributed by atoms with E-state index in [1.165, 1.54) is 12.3 Å². The van der Waals surface area contributed by atoms with Crippen LogP contribution in [0, 0.1) is 5.41 Å². The molecule has 0 saturated carbocycles. The summed E-state index contributed by atoms with van der Waals surface area (Å²) in [5.41, 5.74) is 10.6. The van der Waals surface area contributed by atoms with Crippen LogP contribution in [0.15, 0.2) is 40.7 Å². The molecule has 1 fully saturated rings. The predicted octanol–water partition coefficient (Wildman–Crippen LogP) is 3.84. The third-order valence-electron chi connectivity index (χ3n) is 5.02. The molecule has 1 atom stereocenters. The van der Waals surface area contributed by atoms with E-state index >= 15 is 0 Å².